The number of nitrogens with one attached hydrogen (secondary N) is 1. The fourth-order valence-electron chi connectivity index (χ4n) is 4.03. The van der Waals surface area contributed by atoms with Gasteiger partial charge in [0.1, 0.15) is 17.1 Å². The number of pyridine rings is 1. The van der Waals surface area contributed by atoms with E-state index in [0.29, 0.717) is 5.69 Å². The Morgan fingerprint density at radius 1 is 1.22 bits per heavy atom. The molecule has 1 aliphatic heterocycles. The minimum Gasteiger partial charge on any atom is -0.397 e. The maximum absolute atomic E-state index is 14.1. The first-order chi connectivity index (χ1) is 15.1. The Labute approximate surface area is 189 Å². The van der Waals surface area contributed by atoms with Crippen molar-refractivity contribution in [1.82, 2.24) is 9.88 Å². The molecule has 5 N–H and O–H groups in total. The number of benzene rings is 1. The molecule has 7 nitrogen and oxygen atoms in total. The molecule has 0 radical (unpaired) electrons. The number of Topliss-reactive ketones (excluding diaryl/α,β-unsaturated/α-hetero) is 1. The highest BCUT2D eigenvalue weighted by molar-refractivity contribution is 5.90. The molecule has 2 aromatic rings. The van der Waals surface area contributed by atoms with E-state index in [4.69, 9.17) is 11.5 Å². The van der Waals surface area contributed by atoms with Gasteiger partial charge in [-0.2, -0.15) is 0 Å². The normalized spacial score (nSPS) is 15.8. The van der Waals surface area contributed by atoms with Crippen molar-refractivity contribution in [3.05, 3.63) is 53.1 Å². The van der Waals surface area contributed by atoms with Crippen molar-refractivity contribution in [2.24, 2.45) is 5.73 Å². The molecule has 1 amide bonds. The number of ketones is 1. The molecule has 0 bridgehead atoms. The predicted octanol–water partition coefficient (Wildman–Crippen LogP) is 3.62. The number of likely N-dealkylation sites (tertiary alicyclic amines) is 1. The van der Waals surface area contributed by atoms with Crippen molar-refractivity contribution in [2.75, 3.05) is 30.7 Å². The van der Waals surface area contributed by atoms with Crippen molar-refractivity contribution in [3.63, 3.8) is 0 Å². The summed E-state index contributed by atoms with van der Waals surface area (Å²) in [6.45, 7) is 10.0. The van der Waals surface area contributed by atoms with Crippen molar-refractivity contribution >= 4 is 23.1 Å². The number of nitrogens with zero attached hydrogens (tertiary/aromatic N) is 2. The van der Waals surface area contributed by atoms with E-state index < -0.39 is 11.4 Å². The Balaban J connectivity index is 0.000000303. The van der Waals surface area contributed by atoms with Crippen LogP contribution in [0.3, 0.4) is 0 Å². The summed E-state index contributed by atoms with van der Waals surface area (Å²) in [6.07, 6.45) is 4.78. The summed E-state index contributed by atoms with van der Waals surface area (Å²) in [7, 11) is 0. The molecule has 0 saturated carbocycles. The lowest BCUT2D eigenvalue weighted by molar-refractivity contribution is -0.129. The van der Waals surface area contributed by atoms with Crippen LogP contribution < -0.4 is 16.8 Å². The van der Waals surface area contributed by atoms with Gasteiger partial charge in [0.2, 0.25) is 0 Å². The van der Waals surface area contributed by atoms with Gasteiger partial charge in [0, 0.05) is 12.2 Å². The van der Waals surface area contributed by atoms with Gasteiger partial charge >= 0.3 is 0 Å². The summed E-state index contributed by atoms with van der Waals surface area (Å²) in [6, 6.07) is 6.11. The summed E-state index contributed by atoms with van der Waals surface area (Å²) < 4.78 is 14.1. The number of hydrogen-bond donors (Lipinski definition) is 3. The number of primary amides is 1. The summed E-state index contributed by atoms with van der Waals surface area (Å²) >= 11 is 0. The molecule has 1 aromatic carbocycles. The second-order valence-electron chi connectivity index (χ2n) is 8.17. The quantitative estimate of drug-likeness (QED) is 0.628. The summed E-state index contributed by atoms with van der Waals surface area (Å²) in [5.74, 6) is -0.758. The Bertz CT molecular complexity index is 942. The third-order valence-corrected chi connectivity index (χ3v) is 5.98. The largest absolute Gasteiger partial charge is 0.397 e. The van der Waals surface area contributed by atoms with Crippen LogP contribution in [0.5, 0.6) is 0 Å². The average Bonchev–Trinajstić information content (AvgIpc) is 2.77. The van der Waals surface area contributed by atoms with Gasteiger partial charge in [-0.25, -0.2) is 9.37 Å². The van der Waals surface area contributed by atoms with E-state index in [9.17, 15) is 14.0 Å². The molecule has 1 saturated heterocycles. The Hall–Kier alpha value is -3.00. The van der Waals surface area contributed by atoms with Gasteiger partial charge in [-0.3, -0.25) is 14.5 Å². The lowest BCUT2D eigenvalue weighted by atomic mass is 9.82. The Kier molecular flexibility index (Phi) is 8.72. The number of carbonyl (C=O) groups excluding carboxylic acids is 2. The lowest BCUT2D eigenvalue weighted by Gasteiger charge is -2.43. The minimum absolute atomic E-state index is 0.0746. The minimum atomic E-state index is -0.753. The van der Waals surface area contributed by atoms with E-state index in [-0.39, 0.29) is 17.3 Å². The number of nitrogen functional groups attached to an aromatic ring is 1. The van der Waals surface area contributed by atoms with Crippen LogP contribution in [0.1, 0.15) is 61.6 Å². The van der Waals surface area contributed by atoms with Gasteiger partial charge in [-0.05, 0) is 89.0 Å². The van der Waals surface area contributed by atoms with Gasteiger partial charge in [-0.1, -0.05) is 6.42 Å². The van der Waals surface area contributed by atoms with Gasteiger partial charge in [-0.15, -0.1) is 0 Å². The third-order valence-electron chi connectivity index (χ3n) is 5.98. The number of carbonyl (C=O) groups is 2. The number of piperidine rings is 1. The van der Waals surface area contributed by atoms with Crippen LogP contribution in [0.25, 0.3) is 0 Å². The van der Waals surface area contributed by atoms with E-state index in [1.165, 1.54) is 30.8 Å². The highest BCUT2D eigenvalue weighted by Crippen LogP contribution is 2.37. The maximum atomic E-state index is 14.1. The van der Waals surface area contributed by atoms with E-state index in [2.05, 4.69) is 15.2 Å². The third kappa shape index (κ3) is 5.82. The van der Waals surface area contributed by atoms with Crippen molar-refractivity contribution in [1.29, 1.82) is 0 Å². The molecule has 1 unspecified atom stereocenters. The molecule has 0 spiro atoms. The Morgan fingerprint density at radius 3 is 2.38 bits per heavy atom. The summed E-state index contributed by atoms with van der Waals surface area (Å²) in [5.41, 5.74) is 12.8. The van der Waals surface area contributed by atoms with Crippen LogP contribution in [-0.2, 0) is 10.3 Å². The Morgan fingerprint density at radius 2 is 1.88 bits per heavy atom. The molecule has 2 heterocycles. The molecule has 1 fully saturated rings. The first-order valence-electron chi connectivity index (χ1n) is 10.9. The maximum Gasteiger partial charge on any atom is 0.267 e. The standard InChI is InChI=1S/C18H27FN2O.C6H7N3O/c1-5-20-17-12-15(19)11-16(13(17)2)18(4,14(3)22)21-9-7-6-8-10-21;7-4-1-2-5(6(8)10)9-3-4/h11-12,20H,5-10H2,1-4H3;1-3H,7H2,(H2,8,10). The van der Waals surface area contributed by atoms with E-state index in [1.807, 2.05) is 20.8 Å². The number of amides is 1. The van der Waals surface area contributed by atoms with E-state index in [0.717, 1.165) is 49.3 Å². The fourth-order valence-corrected chi connectivity index (χ4v) is 4.03. The molecule has 1 atom stereocenters. The van der Waals surface area contributed by atoms with Gasteiger partial charge in [0.05, 0.1) is 11.9 Å². The molecule has 8 heteroatoms. The van der Waals surface area contributed by atoms with Crippen LogP contribution in [0.2, 0.25) is 0 Å². The highest BCUT2D eigenvalue weighted by atomic mass is 19.1. The second-order valence-corrected chi connectivity index (χ2v) is 8.17. The van der Waals surface area contributed by atoms with Crippen molar-refractivity contribution in [2.45, 2.75) is 52.5 Å². The molecule has 1 aliphatic rings. The number of aromatic nitrogens is 1. The van der Waals surface area contributed by atoms with E-state index >= 15 is 0 Å². The number of halogens is 1. The average molecular weight is 444 g/mol. The number of rotatable bonds is 6. The predicted molar refractivity (Wildman–Crippen MR) is 126 cm³/mol. The van der Waals surface area contributed by atoms with Crippen LogP contribution in [-0.4, -0.2) is 41.2 Å². The highest BCUT2D eigenvalue weighted by Gasteiger charge is 2.40. The fraction of sp³-hybridized carbons (Fsp3) is 0.458. The molecule has 1 aromatic heterocycles. The molecule has 0 aliphatic carbocycles. The number of hydrogen-bond acceptors (Lipinski definition) is 6. The van der Waals surface area contributed by atoms with Crippen LogP contribution in [0, 0.1) is 12.7 Å². The molecule has 32 heavy (non-hydrogen) atoms. The molecular formula is C24H34FN5O2. The van der Waals surface area contributed by atoms with E-state index in [1.54, 1.807) is 13.0 Å². The second kappa shape index (κ2) is 11.0. The van der Waals surface area contributed by atoms with Gasteiger partial charge in [0.25, 0.3) is 5.91 Å². The van der Waals surface area contributed by atoms with Gasteiger partial charge in [0.15, 0.2) is 5.78 Å². The topological polar surface area (TPSA) is 114 Å². The summed E-state index contributed by atoms with van der Waals surface area (Å²) in [4.78, 5) is 28.8. The first kappa shape index (κ1) is 25.3. The number of nitrogens with two attached hydrogens (primary N) is 2. The summed E-state index contributed by atoms with van der Waals surface area (Å²) in [5, 5.41) is 3.20. The molecule has 3 rings (SSSR count). The smallest absolute Gasteiger partial charge is 0.267 e. The first-order valence-corrected chi connectivity index (χ1v) is 10.9. The van der Waals surface area contributed by atoms with Crippen LogP contribution in [0.4, 0.5) is 15.8 Å². The van der Waals surface area contributed by atoms with Crippen molar-refractivity contribution < 1.29 is 14.0 Å². The molecular weight excluding hydrogens is 409 g/mol. The zero-order valence-electron chi connectivity index (χ0n) is 19.4. The number of anilines is 2. The SMILES string of the molecule is CCNc1cc(F)cc(C(C)(C(C)=O)N2CCCCC2)c1C.NC(=O)c1ccc(N)cn1. The molecule has 174 valence electrons. The zero-order valence-corrected chi connectivity index (χ0v) is 19.4. The van der Waals surface area contributed by atoms with Crippen LogP contribution >= 0.6 is 0 Å². The van der Waals surface area contributed by atoms with Crippen molar-refractivity contribution in [3.8, 4) is 0 Å². The monoisotopic (exact) mass is 443 g/mol. The van der Waals surface area contributed by atoms with Gasteiger partial charge < -0.3 is 16.8 Å². The zero-order chi connectivity index (χ0) is 23.9. The van der Waals surface area contributed by atoms with Crippen LogP contribution in [0.15, 0.2) is 30.5 Å². The lowest BCUT2D eigenvalue weighted by Crippen LogP contribution is -2.51.